The highest BCUT2D eigenvalue weighted by molar-refractivity contribution is 5.80. The van der Waals surface area contributed by atoms with Crippen molar-refractivity contribution in [1.82, 2.24) is 0 Å². The van der Waals surface area contributed by atoms with Crippen LogP contribution in [0.15, 0.2) is 48.6 Å². The Labute approximate surface area is 128 Å². The molecule has 0 radical (unpaired) electrons. The van der Waals surface area contributed by atoms with Crippen LogP contribution in [0.3, 0.4) is 0 Å². The number of carbonyl (C=O) groups excluding carboxylic acids is 2. The molecule has 0 saturated heterocycles. The van der Waals surface area contributed by atoms with Gasteiger partial charge in [0.15, 0.2) is 12.6 Å². The number of phenolic OH excluding ortho intramolecular Hbond substituents is 2. The van der Waals surface area contributed by atoms with Crippen molar-refractivity contribution in [2.45, 2.75) is 12.8 Å². The highest BCUT2D eigenvalue weighted by atomic mass is 16.3. The van der Waals surface area contributed by atoms with E-state index in [1.807, 2.05) is 0 Å². The molecule has 0 aromatic heterocycles. The summed E-state index contributed by atoms with van der Waals surface area (Å²) in [7, 11) is 0. The second-order valence-corrected chi connectivity index (χ2v) is 5.05. The van der Waals surface area contributed by atoms with Crippen molar-refractivity contribution in [2.24, 2.45) is 0 Å². The molecule has 2 aromatic rings. The molecule has 0 amide bonds. The van der Waals surface area contributed by atoms with E-state index in [-0.39, 0.29) is 22.6 Å². The number of hydrogen-bond donors (Lipinski definition) is 2. The molecule has 0 unspecified atom stereocenters. The first kappa shape index (κ1) is 15.5. The van der Waals surface area contributed by atoms with E-state index < -0.39 is 0 Å². The Bertz CT molecular complexity index is 670. The lowest BCUT2D eigenvalue weighted by Gasteiger charge is -2.11. The van der Waals surface area contributed by atoms with E-state index in [9.17, 15) is 19.8 Å². The maximum Gasteiger partial charge on any atom is 0.153 e. The van der Waals surface area contributed by atoms with Gasteiger partial charge in [-0.05, 0) is 36.1 Å². The third-order valence-electron chi connectivity index (χ3n) is 3.44. The molecule has 2 N–H and O–H groups in total. The average Bonchev–Trinajstić information content (AvgIpc) is 2.51. The largest absolute Gasteiger partial charge is 0.507 e. The smallest absolute Gasteiger partial charge is 0.153 e. The van der Waals surface area contributed by atoms with E-state index in [0.717, 1.165) is 5.57 Å². The first-order chi connectivity index (χ1) is 10.6. The van der Waals surface area contributed by atoms with Gasteiger partial charge in [-0.25, -0.2) is 0 Å². The lowest BCUT2D eigenvalue weighted by atomic mass is 9.96. The van der Waals surface area contributed by atoms with Crippen molar-refractivity contribution in [1.29, 1.82) is 0 Å². The molecule has 0 heterocycles. The van der Waals surface area contributed by atoms with Crippen LogP contribution in [0.2, 0.25) is 0 Å². The Balaban J connectivity index is 2.18. The Morgan fingerprint density at radius 2 is 1.27 bits per heavy atom. The first-order valence-electron chi connectivity index (χ1n) is 6.75. The summed E-state index contributed by atoms with van der Waals surface area (Å²) in [6, 6.07) is 9.89. The number of allylic oxidation sites excluding steroid dienone is 1. The van der Waals surface area contributed by atoms with Gasteiger partial charge in [0.05, 0.1) is 11.1 Å². The van der Waals surface area contributed by atoms with Crippen LogP contribution in [0.25, 0.3) is 0 Å². The van der Waals surface area contributed by atoms with Crippen LogP contribution < -0.4 is 0 Å². The molecule has 0 atom stereocenters. The maximum absolute atomic E-state index is 10.8. The molecule has 0 aliphatic heterocycles. The number of aldehydes is 2. The second kappa shape index (κ2) is 6.72. The Morgan fingerprint density at radius 1 is 0.864 bits per heavy atom. The number of rotatable bonds is 6. The van der Waals surface area contributed by atoms with Crippen LogP contribution in [0.1, 0.15) is 31.8 Å². The number of phenols is 2. The predicted octanol–water partition coefficient (Wildman–Crippen LogP) is 3.06. The van der Waals surface area contributed by atoms with Crippen LogP contribution in [-0.2, 0) is 12.8 Å². The minimum absolute atomic E-state index is 0.0514. The van der Waals surface area contributed by atoms with Gasteiger partial charge in [-0.3, -0.25) is 9.59 Å². The number of aromatic hydroxyl groups is 2. The van der Waals surface area contributed by atoms with Gasteiger partial charge in [-0.2, -0.15) is 0 Å². The van der Waals surface area contributed by atoms with E-state index in [0.29, 0.717) is 36.5 Å². The third kappa shape index (κ3) is 3.23. The van der Waals surface area contributed by atoms with Gasteiger partial charge >= 0.3 is 0 Å². The lowest BCUT2D eigenvalue weighted by Crippen LogP contribution is -1.97. The van der Waals surface area contributed by atoms with Crippen LogP contribution >= 0.6 is 0 Å². The van der Waals surface area contributed by atoms with Gasteiger partial charge in [0, 0.05) is 0 Å². The van der Waals surface area contributed by atoms with Gasteiger partial charge in [-0.1, -0.05) is 36.4 Å². The summed E-state index contributed by atoms with van der Waals surface area (Å²) in [5.74, 6) is -0.103. The normalized spacial score (nSPS) is 10.2. The van der Waals surface area contributed by atoms with Gasteiger partial charge < -0.3 is 10.2 Å². The molecular formula is C18H16O4. The highest BCUT2D eigenvalue weighted by Crippen LogP contribution is 2.27. The third-order valence-corrected chi connectivity index (χ3v) is 3.44. The van der Waals surface area contributed by atoms with Crippen LogP contribution in [-0.4, -0.2) is 22.8 Å². The Morgan fingerprint density at radius 3 is 1.64 bits per heavy atom. The summed E-state index contributed by atoms with van der Waals surface area (Å²) in [6.45, 7) is 3.94. The molecule has 0 aliphatic carbocycles. The zero-order chi connectivity index (χ0) is 16.1. The SMILES string of the molecule is C=C(Cc1cccc(C=O)c1O)Cc1cccc(C=O)c1O. The Kier molecular flexibility index (Phi) is 4.73. The lowest BCUT2D eigenvalue weighted by molar-refractivity contribution is 0.111. The zero-order valence-electron chi connectivity index (χ0n) is 12.0. The van der Waals surface area contributed by atoms with E-state index >= 15 is 0 Å². The number of benzene rings is 2. The molecule has 0 spiro atoms. The van der Waals surface area contributed by atoms with Crippen LogP contribution in [0.5, 0.6) is 11.5 Å². The highest BCUT2D eigenvalue weighted by Gasteiger charge is 2.11. The summed E-state index contributed by atoms with van der Waals surface area (Å²) in [5, 5.41) is 19.9. The first-order valence-corrected chi connectivity index (χ1v) is 6.75. The molecule has 0 saturated carbocycles. The molecule has 0 fully saturated rings. The fourth-order valence-electron chi connectivity index (χ4n) is 2.30. The quantitative estimate of drug-likeness (QED) is 0.634. The summed E-state index contributed by atoms with van der Waals surface area (Å²) < 4.78 is 0. The molecule has 22 heavy (non-hydrogen) atoms. The molecule has 2 rings (SSSR count). The van der Waals surface area contributed by atoms with Crippen LogP contribution in [0, 0.1) is 0 Å². The molecule has 4 heteroatoms. The number of carbonyl (C=O) groups is 2. The number of para-hydroxylation sites is 2. The van der Waals surface area contributed by atoms with Crippen molar-refractivity contribution in [3.63, 3.8) is 0 Å². The predicted molar refractivity (Wildman–Crippen MR) is 83.5 cm³/mol. The zero-order valence-corrected chi connectivity index (χ0v) is 12.0. The van der Waals surface area contributed by atoms with Gasteiger partial charge in [0.25, 0.3) is 0 Å². The molecule has 4 nitrogen and oxygen atoms in total. The Hall–Kier alpha value is -2.88. The molecule has 0 aliphatic rings. The maximum atomic E-state index is 10.8. The molecular weight excluding hydrogens is 280 g/mol. The summed E-state index contributed by atoms with van der Waals surface area (Å²) >= 11 is 0. The summed E-state index contributed by atoms with van der Waals surface area (Å²) in [6.07, 6.45) is 1.94. The molecule has 112 valence electrons. The summed E-state index contributed by atoms with van der Waals surface area (Å²) in [5.41, 5.74) is 2.41. The monoisotopic (exact) mass is 296 g/mol. The topological polar surface area (TPSA) is 74.6 Å². The standard InChI is InChI=1S/C18H16O4/c1-12(8-13-4-2-6-15(10-19)17(13)21)9-14-5-3-7-16(11-20)18(14)22/h2-7,10-11,21-22H,1,8-9H2. The minimum atomic E-state index is -0.0514. The van der Waals surface area contributed by atoms with Crippen molar-refractivity contribution in [3.8, 4) is 11.5 Å². The molecule has 2 aromatic carbocycles. The van der Waals surface area contributed by atoms with Crippen molar-refractivity contribution in [3.05, 3.63) is 70.8 Å². The van der Waals surface area contributed by atoms with E-state index in [2.05, 4.69) is 6.58 Å². The second-order valence-electron chi connectivity index (χ2n) is 5.05. The van der Waals surface area contributed by atoms with Crippen molar-refractivity contribution in [2.75, 3.05) is 0 Å². The van der Waals surface area contributed by atoms with Gasteiger partial charge in [0.2, 0.25) is 0 Å². The fourth-order valence-corrected chi connectivity index (χ4v) is 2.30. The van der Waals surface area contributed by atoms with Crippen molar-refractivity contribution < 1.29 is 19.8 Å². The van der Waals surface area contributed by atoms with E-state index in [1.54, 1.807) is 24.3 Å². The summed E-state index contributed by atoms with van der Waals surface area (Å²) in [4.78, 5) is 21.6. The van der Waals surface area contributed by atoms with E-state index in [4.69, 9.17) is 0 Å². The van der Waals surface area contributed by atoms with Crippen molar-refractivity contribution >= 4 is 12.6 Å². The van der Waals surface area contributed by atoms with Crippen LogP contribution in [0.4, 0.5) is 0 Å². The minimum Gasteiger partial charge on any atom is -0.507 e. The molecule has 0 bridgehead atoms. The van der Waals surface area contributed by atoms with Gasteiger partial charge in [0.1, 0.15) is 11.5 Å². The fraction of sp³-hybridized carbons (Fsp3) is 0.111. The number of hydrogen-bond acceptors (Lipinski definition) is 4. The average molecular weight is 296 g/mol. The van der Waals surface area contributed by atoms with Gasteiger partial charge in [-0.15, -0.1) is 0 Å². The van der Waals surface area contributed by atoms with E-state index in [1.165, 1.54) is 12.1 Å².